The highest BCUT2D eigenvalue weighted by atomic mass is 16.5. The van der Waals surface area contributed by atoms with Gasteiger partial charge in [0, 0.05) is 31.7 Å². The van der Waals surface area contributed by atoms with Crippen molar-refractivity contribution >= 4 is 0 Å². The van der Waals surface area contributed by atoms with E-state index in [1.807, 2.05) is 0 Å². The summed E-state index contributed by atoms with van der Waals surface area (Å²) in [7, 11) is 0. The summed E-state index contributed by atoms with van der Waals surface area (Å²) in [4.78, 5) is 2.38. The molecule has 1 saturated heterocycles. The van der Waals surface area contributed by atoms with Gasteiger partial charge in [-0.15, -0.1) is 0 Å². The van der Waals surface area contributed by atoms with Crippen molar-refractivity contribution in [3.05, 3.63) is 29.8 Å². The van der Waals surface area contributed by atoms with Crippen molar-refractivity contribution in [3.63, 3.8) is 0 Å². The minimum atomic E-state index is 0.514. The van der Waals surface area contributed by atoms with Gasteiger partial charge in [-0.25, -0.2) is 0 Å². The van der Waals surface area contributed by atoms with E-state index in [-0.39, 0.29) is 0 Å². The molecule has 1 aliphatic carbocycles. The zero-order valence-electron chi connectivity index (χ0n) is 17.1. The van der Waals surface area contributed by atoms with Gasteiger partial charge in [0.1, 0.15) is 12.4 Å². The van der Waals surface area contributed by atoms with Gasteiger partial charge >= 0.3 is 0 Å². The van der Waals surface area contributed by atoms with Crippen LogP contribution in [0.4, 0.5) is 0 Å². The maximum atomic E-state index is 5.89. The molecule has 3 rings (SSSR count). The van der Waals surface area contributed by atoms with Crippen molar-refractivity contribution in [1.29, 1.82) is 0 Å². The summed E-state index contributed by atoms with van der Waals surface area (Å²) in [5.74, 6) is 1.65. The van der Waals surface area contributed by atoms with Gasteiger partial charge in [0.15, 0.2) is 0 Å². The Morgan fingerprint density at radius 2 is 2.00 bits per heavy atom. The van der Waals surface area contributed by atoms with Crippen LogP contribution in [-0.2, 0) is 11.3 Å². The molecule has 0 aromatic heterocycles. The maximum absolute atomic E-state index is 5.89. The Bertz CT molecular complexity index is 527. The third-order valence-electron chi connectivity index (χ3n) is 6.10. The molecule has 0 spiro atoms. The molecule has 5 nitrogen and oxygen atoms in total. The normalized spacial score (nSPS) is 25.8. The van der Waals surface area contributed by atoms with Crippen LogP contribution in [0.5, 0.6) is 5.75 Å². The number of nitrogens with one attached hydrogen (secondary N) is 2. The largest absolute Gasteiger partial charge is 0.492 e. The van der Waals surface area contributed by atoms with Gasteiger partial charge in [-0.05, 0) is 49.5 Å². The SMILES string of the molecule is CCN(CC)CCOc1ccc(CNC2CCCC2C2COCCN2)cc1. The number of ether oxygens (including phenoxy) is 2. The van der Waals surface area contributed by atoms with E-state index in [1.54, 1.807) is 0 Å². The van der Waals surface area contributed by atoms with Crippen LogP contribution in [0.15, 0.2) is 24.3 Å². The molecule has 1 aromatic rings. The monoisotopic (exact) mass is 375 g/mol. The van der Waals surface area contributed by atoms with Gasteiger partial charge in [-0.2, -0.15) is 0 Å². The van der Waals surface area contributed by atoms with E-state index in [4.69, 9.17) is 9.47 Å². The van der Waals surface area contributed by atoms with Crippen LogP contribution < -0.4 is 15.4 Å². The molecule has 152 valence electrons. The maximum Gasteiger partial charge on any atom is 0.119 e. The van der Waals surface area contributed by atoms with Crippen molar-refractivity contribution < 1.29 is 9.47 Å². The molecule has 1 saturated carbocycles. The predicted molar refractivity (Wildman–Crippen MR) is 110 cm³/mol. The van der Waals surface area contributed by atoms with Crippen molar-refractivity contribution in [2.45, 2.75) is 51.7 Å². The molecular formula is C22H37N3O2. The number of likely N-dealkylation sites (N-methyl/N-ethyl adjacent to an activating group) is 1. The lowest BCUT2D eigenvalue weighted by Crippen LogP contribution is -2.50. The molecule has 0 amide bonds. The quantitative estimate of drug-likeness (QED) is 0.658. The molecule has 2 fully saturated rings. The summed E-state index contributed by atoms with van der Waals surface area (Å²) in [6, 6.07) is 9.68. The van der Waals surface area contributed by atoms with Crippen LogP contribution in [0.2, 0.25) is 0 Å². The second-order valence-electron chi connectivity index (χ2n) is 7.74. The van der Waals surface area contributed by atoms with Crippen molar-refractivity contribution in [1.82, 2.24) is 15.5 Å². The molecule has 5 heteroatoms. The molecule has 0 bridgehead atoms. The Kier molecular flexibility index (Phi) is 8.39. The van der Waals surface area contributed by atoms with E-state index < -0.39 is 0 Å². The number of rotatable bonds is 10. The van der Waals surface area contributed by atoms with Crippen molar-refractivity contribution in [3.8, 4) is 5.75 Å². The first kappa shape index (κ1) is 20.6. The van der Waals surface area contributed by atoms with E-state index >= 15 is 0 Å². The Hall–Kier alpha value is -1.14. The van der Waals surface area contributed by atoms with Crippen molar-refractivity contribution in [2.24, 2.45) is 5.92 Å². The third-order valence-corrected chi connectivity index (χ3v) is 6.10. The molecule has 1 aromatic carbocycles. The zero-order valence-corrected chi connectivity index (χ0v) is 17.1. The number of benzene rings is 1. The fourth-order valence-electron chi connectivity index (χ4n) is 4.37. The van der Waals surface area contributed by atoms with Gasteiger partial charge in [-0.1, -0.05) is 32.4 Å². The first-order chi connectivity index (χ1) is 13.3. The Balaban J connectivity index is 1.41. The van der Waals surface area contributed by atoms with Crippen LogP contribution in [0.3, 0.4) is 0 Å². The topological polar surface area (TPSA) is 45.8 Å². The van der Waals surface area contributed by atoms with Crippen LogP contribution in [-0.4, -0.2) is 63.0 Å². The molecule has 2 aliphatic rings. The second kappa shape index (κ2) is 11.0. The molecule has 2 N–H and O–H groups in total. The number of hydrogen-bond donors (Lipinski definition) is 2. The van der Waals surface area contributed by atoms with Crippen LogP contribution >= 0.6 is 0 Å². The molecule has 3 atom stereocenters. The van der Waals surface area contributed by atoms with Gasteiger partial charge in [-0.3, -0.25) is 0 Å². The number of nitrogens with zero attached hydrogens (tertiary/aromatic N) is 1. The van der Waals surface area contributed by atoms with E-state index in [0.717, 1.165) is 58.3 Å². The molecule has 3 unspecified atom stereocenters. The summed E-state index contributed by atoms with van der Waals surface area (Å²) in [6.45, 7) is 11.9. The van der Waals surface area contributed by atoms with Crippen LogP contribution in [0.25, 0.3) is 0 Å². The lowest BCUT2D eigenvalue weighted by Gasteiger charge is -2.33. The fraction of sp³-hybridized carbons (Fsp3) is 0.727. The van der Waals surface area contributed by atoms with Gasteiger partial charge in [0.05, 0.1) is 13.2 Å². The average molecular weight is 376 g/mol. The van der Waals surface area contributed by atoms with E-state index in [9.17, 15) is 0 Å². The summed E-state index contributed by atoms with van der Waals surface area (Å²) in [5, 5.41) is 7.44. The summed E-state index contributed by atoms with van der Waals surface area (Å²) in [5.41, 5.74) is 1.32. The average Bonchev–Trinajstić information content (AvgIpc) is 3.20. The van der Waals surface area contributed by atoms with Gasteiger partial charge in [0.25, 0.3) is 0 Å². The van der Waals surface area contributed by atoms with E-state index in [2.05, 4.69) is 53.6 Å². The standard InChI is InChI=1S/C22H37N3O2/c1-3-25(4-2)13-15-27-19-10-8-18(9-11-19)16-24-21-7-5-6-20(21)22-17-26-14-12-23-22/h8-11,20-24H,3-7,12-17H2,1-2H3. The Morgan fingerprint density at radius 3 is 2.70 bits per heavy atom. The molecule has 0 radical (unpaired) electrons. The Morgan fingerprint density at radius 1 is 1.19 bits per heavy atom. The Labute approximate surface area is 164 Å². The predicted octanol–water partition coefficient (Wildman–Crippen LogP) is 2.65. The minimum absolute atomic E-state index is 0.514. The minimum Gasteiger partial charge on any atom is -0.492 e. The lowest BCUT2D eigenvalue weighted by atomic mass is 9.94. The van der Waals surface area contributed by atoms with E-state index in [0.29, 0.717) is 18.0 Å². The molecule has 1 heterocycles. The van der Waals surface area contributed by atoms with Crippen LogP contribution in [0, 0.1) is 5.92 Å². The lowest BCUT2D eigenvalue weighted by molar-refractivity contribution is 0.0524. The molecular weight excluding hydrogens is 338 g/mol. The van der Waals surface area contributed by atoms with Crippen molar-refractivity contribution in [2.75, 3.05) is 46.0 Å². The van der Waals surface area contributed by atoms with Gasteiger partial charge < -0.3 is 25.0 Å². The second-order valence-corrected chi connectivity index (χ2v) is 7.74. The summed E-state index contributed by atoms with van der Waals surface area (Å²) >= 11 is 0. The summed E-state index contributed by atoms with van der Waals surface area (Å²) < 4.78 is 11.6. The van der Waals surface area contributed by atoms with Gasteiger partial charge in [0.2, 0.25) is 0 Å². The van der Waals surface area contributed by atoms with E-state index in [1.165, 1.54) is 24.8 Å². The number of morpholine rings is 1. The third kappa shape index (κ3) is 6.18. The smallest absolute Gasteiger partial charge is 0.119 e. The molecule has 1 aliphatic heterocycles. The van der Waals surface area contributed by atoms with Crippen LogP contribution in [0.1, 0.15) is 38.7 Å². The molecule has 27 heavy (non-hydrogen) atoms. The highest BCUT2D eigenvalue weighted by Gasteiger charge is 2.34. The highest BCUT2D eigenvalue weighted by Crippen LogP contribution is 2.29. The first-order valence-corrected chi connectivity index (χ1v) is 10.8. The highest BCUT2D eigenvalue weighted by molar-refractivity contribution is 5.27. The fourth-order valence-corrected chi connectivity index (χ4v) is 4.37. The first-order valence-electron chi connectivity index (χ1n) is 10.8. The number of hydrogen-bond acceptors (Lipinski definition) is 5. The summed E-state index contributed by atoms with van der Waals surface area (Å²) in [6.07, 6.45) is 3.90. The zero-order chi connectivity index (χ0) is 18.9.